The predicted octanol–water partition coefficient (Wildman–Crippen LogP) is 5.94. The summed E-state index contributed by atoms with van der Waals surface area (Å²) in [7, 11) is 3.84. The first kappa shape index (κ1) is 29.9. The van der Waals surface area contributed by atoms with Gasteiger partial charge in [-0.25, -0.2) is 0 Å². The topological polar surface area (TPSA) is 61.8 Å². The molecule has 0 aromatic heterocycles. The summed E-state index contributed by atoms with van der Waals surface area (Å²) in [5.74, 6) is -0.250. The van der Waals surface area contributed by atoms with Crippen molar-refractivity contribution in [3.63, 3.8) is 0 Å². The van der Waals surface area contributed by atoms with Crippen LogP contribution in [0.5, 0.6) is 5.75 Å². The van der Waals surface area contributed by atoms with Crippen molar-refractivity contribution in [2.75, 3.05) is 25.6 Å². The predicted molar refractivity (Wildman–Crippen MR) is 136 cm³/mol. The van der Waals surface area contributed by atoms with Gasteiger partial charge >= 0.3 is 6.36 Å². The molecule has 0 atom stereocenters. The van der Waals surface area contributed by atoms with Crippen LogP contribution in [-0.2, 0) is 17.8 Å². The molecule has 0 aliphatic carbocycles. The van der Waals surface area contributed by atoms with Crippen LogP contribution in [0.4, 0.5) is 18.9 Å². The second-order valence-corrected chi connectivity index (χ2v) is 7.92. The van der Waals surface area contributed by atoms with E-state index in [4.69, 9.17) is 4.79 Å². The largest absolute Gasteiger partial charge is 0.573 e. The van der Waals surface area contributed by atoms with E-state index in [1.807, 2.05) is 27.1 Å². The summed E-state index contributed by atoms with van der Waals surface area (Å²) in [6, 6.07) is 7.97. The molecule has 0 aliphatic rings. The molecule has 2 N–H and O–H groups in total. The number of benzene rings is 2. The minimum atomic E-state index is -4.72. The lowest BCUT2D eigenvalue weighted by Gasteiger charge is -2.27. The maximum Gasteiger partial charge on any atom is 0.573 e. The van der Waals surface area contributed by atoms with Crippen LogP contribution in [0.15, 0.2) is 54.8 Å². The standard InChI is InChI=1S/C24H31F3N2O2.C3H4O/c1-6-16(2)15-29(5)23-17(3)22(13-19(14-28-4)21(23)11-12-30)18-7-9-20(10-8-18)31-24(25,26)27;1-2-3-4/h7-10,13,15,28,30H,6,11-12,14H2,1-5H3;2-3H,1H2/b16-15+;. The lowest BCUT2D eigenvalue weighted by atomic mass is 9.90. The van der Waals surface area contributed by atoms with Gasteiger partial charge in [-0.2, -0.15) is 0 Å². The number of anilines is 1. The number of carbonyl (C=O) groups is 1. The Morgan fingerprint density at radius 3 is 2.31 bits per heavy atom. The number of carbonyl (C=O) groups excluding carboxylic acids is 1. The lowest BCUT2D eigenvalue weighted by molar-refractivity contribution is -0.274. The number of ether oxygens (including phenoxy) is 1. The third-order valence-corrected chi connectivity index (χ3v) is 5.30. The molecule has 2 aromatic rings. The van der Waals surface area contributed by atoms with Gasteiger partial charge in [-0.3, -0.25) is 4.79 Å². The Morgan fingerprint density at radius 1 is 1.26 bits per heavy atom. The first-order chi connectivity index (χ1) is 16.5. The summed E-state index contributed by atoms with van der Waals surface area (Å²) in [5, 5.41) is 12.9. The van der Waals surface area contributed by atoms with Crippen molar-refractivity contribution in [2.45, 2.75) is 46.5 Å². The van der Waals surface area contributed by atoms with Crippen molar-refractivity contribution < 1.29 is 27.8 Å². The number of allylic oxidation sites excluding steroid dienone is 2. The summed E-state index contributed by atoms with van der Waals surface area (Å²) in [6.45, 7) is 9.90. The number of nitrogens with one attached hydrogen (secondary N) is 1. The average Bonchev–Trinajstić information content (AvgIpc) is 2.80. The third kappa shape index (κ3) is 9.22. The Morgan fingerprint density at radius 2 is 1.86 bits per heavy atom. The van der Waals surface area contributed by atoms with Gasteiger partial charge in [0.05, 0.1) is 0 Å². The molecule has 0 bridgehead atoms. The monoisotopic (exact) mass is 492 g/mol. The van der Waals surface area contributed by atoms with Crippen molar-refractivity contribution in [2.24, 2.45) is 0 Å². The van der Waals surface area contributed by atoms with Crippen LogP contribution >= 0.6 is 0 Å². The second kappa shape index (κ2) is 14.3. The minimum Gasteiger partial charge on any atom is -0.406 e. The number of hydrogen-bond donors (Lipinski definition) is 2. The summed E-state index contributed by atoms with van der Waals surface area (Å²) >= 11 is 0. The molecule has 0 spiro atoms. The van der Waals surface area contributed by atoms with E-state index in [0.29, 0.717) is 19.3 Å². The maximum atomic E-state index is 12.5. The molecular weight excluding hydrogens is 457 g/mol. The SMILES string of the molecule is C=CC=O.CC/C(C)=C/N(C)c1c(C)c(-c2ccc(OC(F)(F)F)cc2)cc(CNC)c1CCO. The fourth-order valence-corrected chi connectivity index (χ4v) is 3.71. The van der Waals surface area contributed by atoms with Crippen LogP contribution in [0.1, 0.15) is 37.0 Å². The van der Waals surface area contributed by atoms with Crippen LogP contribution in [0.3, 0.4) is 0 Å². The van der Waals surface area contributed by atoms with Crippen molar-refractivity contribution in [1.82, 2.24) is 5.32 Å². The fraction of sp³-hybridized carbons (Fsp3) is 0.370. The Kier molecular flexibility index (Phi) is 12.3. The van der Waals surface area contributed by atoms with E-state index < -0.39 is 6.36 Å². The number of rotatable bonds is 10. The number of aldehydes is 1. The zero-order chi connectivity index (χ0) is 26.6. The molecule has 192 valence electrons. The zero-order valence-corrected chi connectivity index (χ0v) is 21.0. The van der Waals surface area contributed by atoms with E-state index in [0.717, 1.165) is 39.9 Å². The third-order valence-electron chi connectivity index (χ3n) is 5.30. The van der Waals surface area contributed by atoms with Gasteiger partial charge in [-0.1, -0.05) is 31.2 Å². The van der Waals surface area contributed by atoms with Gasteiger partial charge in [0, 0.05) is 32.1 Å². The Balaban J connectivity index is 0.00000142. The number of aliphatic hydroxyl groups excluding tert-OH is 1. The highest BCUT2D eigenvalue weighted by atomic mass is 19.4. The zero-order valence-electron chi connectivity index (χ0n) is 21.0. The van der Waals surface area contributed by atoms with Crippen LogP contribution in [0, 0.1) is 6.92 Å². The highest BCUT2D eigenvalue weighted by Crippen LogP contribution is 2.38. The highest BCUT2D eigenvalue weighted by molar-refractivity contribution is 5.79. The van der Waals surface area contributed by atoms with Gasteiger partial charge in [0.25, 0.3) is 0 Å². The molecule has 0 heterocycles. The summed E-state index contributed by atoms with van der Waals surface area (Å²) < 4.78 is 41.5. The molecule has 0 aliphatic heterocycles. The Hall–Kier alpha value is -3.10. The van der Waals surface area contributed by atoms with Crippen molar-refractivity contribution in [1.29, 1.82) is 0 Å². The molecule has 2 aromatic carbocycles. The van der Waals surface area contributed by atoms with Crippen LogP contribution in [0.25, 0.3) is 11.1 Å². The van der Waals surface area contributed by atoms with Crippen molar-refractivity contribution in [3.8, 4) is 16.9 Å². The van der Waals surface area contributed by atoms with Crippen LogP contribution in [0.2, 0.25) is 0 Å². The molecular formula is C27H35F3N2O3. The van der Waals surface area contributed by atoms with E-state index in [1.54, 1.807) is 12.1 Å². The van der Waals surface area contributed by atoms with Gasteiger partial charge in [-0.15, -0.1) is 13.2 Å². The first-order valence-electron chi connectivity index (χ1n) is 11.3. The number of halogens is 3. The summed E-state index contributed by atoms with van der Waals surface area (Å²) in [4.78, 5) is 11.1. The highest BCUT2D eigenvalue weighted by Gasteiger charge is 2.31. The molecule has 2 rings (SSSR count). The van der Waals surface area contributed by atoms with E-state index >= 15 is 0 Å². The molecule has 0 unspecified atom stereocenters. The van der Waals surface area contributed by atoms with Crippen LogP contribution in [-0.4, -0.2) is 38.5 Å². The Bertz CT molecular complexity index is 994. The number of hydrogen-bond acceptors (Lipinski definition) is 5. The second-order valence-electron chi connectivity index (χ2n) is 7.92. The fourth-order valence-electron chi connectivity index (χ4n) is 3.71. The summed E-state index contributed by atoms with van der Waals surface area (Å²) in [5.41, 5.74) is 7.03. The van der Waals surface area contributed by atoms with E-state index in [9.17, 15) is 18.3 Å². The van der Waals surface area contributed by atoms with Gasteiger partial charge < -0.3 is 20.1 Å². The van der Waals surface area contributed by atoms with Gasteiger partial charge in [0.1, 0.15) is 12.0 Å². The first-order valence-corrected chi connectivity index (χ1v) is 11.3. The Labute approximate surface area is 205 Å². The number of nitrogens with zero attached hydrogens (tertiary/aromatic N) is 1. The van der Waals surface area contributed by atoms with E-state index in [-0.39, 0.29) is 12.4 Å². The quantitative estimate of drug-likeness (QED) is 0.318. The van der Waals surface area contributed by atoms with Crippen LogP contribution < -0.4 is 15.0 Å². The molecule has 0 saturated carbocycles. The molecule has 8 heteroatoms. The number of aliphatic hydroxyl groups is 1. The number of alkyl halides is 3. The molecule has 0 saturated heterocycles. The van der Waals surface area contributed by atoms with Gasteiger partial charge in [0.2, 0.25) is 0 Å². The van der Waals surface area contributed by atoms with E-state index in [1.165, 1.54) is 23.8 Å². The molecule has 0 fully saturated rings. The smallest absolute Gasteiger partial charge is 0.406 e. The molecule has 5 nitrogen and oxygen atoms in total. The normalized spacial score (nSPS) is 11.4. The minimum absolute atomic E-state index is 0.0241. The molecule has 0 radical (unpaired) electrons. The van der Waals surface area contributed by atoms with Gasteiger partial charge in [-0.05, 0) is 85.8 Å². The van der Waals surface area contributed by atoms with Crippen molar-refractivity contribution in [3.05, 3.63) is 71.5 Å². The molecule has 0 amide bonds. The molecule has 35 heavy (non-hydrogen) atoms. The lowest BCUT2D eigenvalue weighted by Crippen LogP contribution is -2.18. The summed E-state index contributed by atoms with van der Waals surface area (Å²) in [6.07, 6.45) is 0.622. The maximum absolute atomic E-state index is 12.5. The van der Waals surface area contributed by atoms with Gasteiger partial charge in [0.15, 0.2) is 0 Å². The van der Waals surface area contributed by atoms with Crippen molar-refractivity contribution >= 4 is 12.0 Å². The average molecular weight is 493 g/mol. The van der Waals surface area contributed by atoms with E-state index in [2.05, 4.69) is 41.6 Å².